The third-order valence-corrected chi connectivity index (χ3v) is 6.93. The number of hydrogen-bond acceptors (Lipinski definition) is 6. The van der Waals surface area contributed by atoms with E-state index >= 15 is 0 Å². The highest BCUT2D eigenvalue weighted by Crippen LogP contribution is 2.30. The number of thioether (sulfide) groups is 1. The lowest BCUT2D eigenvalue weighted by atomic mass is 10.1. The Morgan fingerprint density at radius 3 is 2.69 bits per heavy atom. The molecule has 0 radical (unpaired) electrons. The molecule has 0 aliphatic carbocycles. The molecule has 0 spiro atoms. The second kappa shape index (κ2) is 11.7. The van der Waals surface area contributed by atoms with Gasteiger partial charge in [-0.1, -0.05) is 47.1 Å². The molecular weight excluding hydrogens is 547 g/mol. The fraction of sp³-hybridized carbons (Fsp3) is 0.0800. The van der Waals surface area contributed by atoms with Crippen LogP contribution < -0.4 is 5.32 Å². The highest BCUT2D eigenvalue weighted by atomic mass is 35.5. The van der Waals surface area contributed by atoms with Crippen molar-refractivity contribution in [3.05, 3.63) is 92.6 Å². The van der Waals surface area contributed by atoms with Gasteiger partial charge in [-0.3, -0.25) is 10.1 Å². The number of alkyl halides is 2. The van der Waals surface area contributed by atoms with Gasteiger partial charge in [0.2, 0.25) is 0 Å². The van der Waals surface area contributed by atoms with Gasteiger partial charge < -0.3 is 4.42 Å². The zero-order valence-corrected chi connectivity index (χ0v) is 21.3. The van der Waals surface area contributed by atoms with E-state index in [-0.39, 0.29) is 11.3 Å². The number of anilines is 1. The Bertz CT molecular complexity index is 1460. The van der Waals surface area contributed by atoms with Crippen molar-refractivity contribution in [2.45, 2.75) is 17.1 Å². The number of rotatable bonds is 8. The first-order valence-corrected chi connectivity index (χ1v) is 12.8. The van der Waals surface area contributed by atoms with E-state index in [0.717, 1.165) is 5.56 Å². The fourth-order valence-electron chi connectivity index (χ4n) is 3.16. The first-order chi connectivity index (χ1) is 17.3. The molecular formula is C25H15Cl2F2N3O2S2. The summed E-state index contributed by atoms with van der Waals surface area (Å²) >= 11 is 13.9. The molecule has 1 amide bonds. The van der Waals surface area contributed by atoms with Gasteiger partial charge in [0.05, 0.1) is 5.69 Å². The SMILES string of the molecule is N#C/C(=C\c1ccc(-c2ccc(SC(F)F)cc2)o1)C(=O)Nc1nc(Cc2cc(Cl)ccc2Cl)cs1. The standard InChI is InChI=1S/C25H15Cl2F2N3O2S2/c26-17-3-7-21(27)15(9-17)10-18-13-35-25(31-18)32-23(33)16(12-30)11-19-4-8-22(34-19)14-1-5-20(6-2-14)36-24(28)29/h1-9,11,13,24H,10H2,(H,31,32,33)/b16-11+. The molecule has 1 N–H and O–H groups in total. The summed E-state index contributed by atoms with van der Waals surface area (Å²) in [6.45, 7) is 0. The number of nitrogens with one attached hydrogen (secondary N) is 1. The zero-order valence-electron chi connectivity index (χ0n) is 18.2. The van der Waals surface area contributed by atoms with Crippen molar-refractivity contribution in [2.75, 3.05) is 5.32 Å². The second-order valence-electron chi connectivity index (χ2n) is 7.29. The first kappa shape index (κ1) is 25.9. The van der Waals surface area contributed by atoms with Crippen molar-refractivity contribution in [3.8, 4) is 17.4 Å². The van der Waals surface area contributed by atoms with Crippen LogP contribution in [0.4, 0.5) is 13.9 Å². The molecule has 2 aromatic heterocycles. The number of nitriles is 1. The van der Waals surface area contributed by atoms with Gasteiger partial charge in [0.15, 0.2) is 5.13 Å². The van der Waals surface area contributed by atoms with E-state index in [2.05, 4.69) is 10.3 Å². The summed E-state index contributed by atoms with van der Waals surface area (Å²) in [6, 6.07) is 16.8. The molecule has 5 nitrogen and oxygen atoms in total. The van der Waals surface area contributed by atoms with Crippen molar-refractivity contribution in [2.24, 2.45) is 0 Å². The zero-order chi connectivity index (χ0) is 25.7. The topological polar surface area (TPSA) is 78.9 Å². The average Bonchev–Trinajstić information content (AvgIpc) is 3.49. The minimum absolute atomic E-state index is 0.172. The Kier molecular flexibility index (Phi) is 8.44. The largest absolute Gasteiger partial charge is 0.457 e. The van der Waals surface area contributed by atoms with Crippen molar-refractivity contribution in [3.63, 3.8) is 0 Å². The predicted molar refractivity (Wildman–Crippen MR) is 140 cm³/mol. The van der Waals surface area contributed by atoms with Gasteiger partial charge in [-0.2, -0.15) is 14.0 Å². The summed E-state index contributed by atoms with van der Waals surface area (Å²) in [4.78, 5) is 17.5. The molecule has 36 heavy (non-hydrogen) atoms. The van der Waals surface area contributed by atoms with E-state index in [9.17, 15) is 18.8 Å². The van der Waals surface area contributed by atoms with Gasteiger partial charge in [0.1, 0.15) is 23.2 Å². The van der Waals surface area contributed by atoms with Crippen LogP contribution in [0.5, 0.6) is 0 Å². The van der Waals surface area contributed by atoms with Gasteiger partial charge in [-0.05, 0) is 48.0 Å². The number of furan rings is 1. The maximum absolute atomic E-state index is 12.6. The number of benzene rings is 2. The molecule has 0 saturated carbocycles. The third-order valence-electron chi connectivity index (χ3n) is 4.79. The van der Waals surface area contributed by atoms with Crippen molar-refractivity contribution >= 4 is 63.4 Å². The number of carbonyl (C=O) groups is 1. The summed E-state index contributed by atoms with van der Waals surface area (Å²) in [6.07, 6.45) is 1.75. The first-order valence-electron chi connectivity index (χ1n) is 10.3. The highest BCUT2D eigenvalue weighted by Gasteiger charge is 2.14. The number of nitrogens with zero attached hydrogens (tertiary/aromatic N) is 2. The van der Waals surface area contributed by atoms with Crippen LogP contribution in [0, 0.1) is 11.3 Å². The summed E-state index contributed by atoms with van der Waals surface area (Å²) in [5, 5.41) is 15.3. The summed E-state index contributed by atoms with van der Waals surface area (Å²) in [5.74, 6) is -2.37. The minimum Gasteiger partial charge on any atom is -0.457 e. The summed E-state index contributed by atoms with van der Waals surface area (Å²) in [5.41, 5.74) is 2.00. The van der Waals surface area contributed by atoms with Crippen LogP contribution in [0.3, 0.4) is 0 Å². The second-order valence-corrected chi connectivity index (χ2v) is 10.1. The summed E-state index contributed by atoms with van der Waals surface area (Å²) < 4.78 is 30.7. The maximum atomic E-state index is 12.6. The van der Waals surface area contributed by atoms with E-state index in [4.69, 9.17) is 27.6 Å². The molecule has 0 saturated heterocycles. The lowest BCUT2D eigenvalue weighted by Gasteiger charge is -2.03. The number of thiazole rings is 1. The lowest BCUT2D eigenvalue weighted by molar-refractivity contribution is -0.112. The van der Waals surface area contributed by atoms with Gasteiger partial charge in [-0.25, -0.2) is 4.98 Å². The Morgan fingerprint density at radius 2 is 1.97 bits per heavy atom. The molecule has 11 heteroatoms. The summed E-state index contributed by atoms with van der Waals surface area (Å²) in [7, 11) is 0. The van der Waals surface area contributed by atoms with Crippen LogP contribution in [0.2, 0.25) is 10.0 Å². The van der Waals surface area contributed by atoms with Crippen molar-refractivity contribution < 1.29 is 18.0 Å². The quantitative estimate of drug-likeness (QED) is 0.133. The van der Waals surface area contributed by atoms with E-state index in [1.54, 1.807) is 60.0 Å². The Morgan fingerprint density at radius 1 is 1.19 bits per heavy atom. The molecule has 4 rings (SSSR count). The molecule has 2 aromatic carbocycles. The molecule has 0 bridgehead atoms. The number of aromatic nitrogens is 1. The average molecular weight is 562 g/mol. The number of amides is 1. The number of carbonyl (C=O) groups excluding carboxylic acids is 1. The molecule has 2 heterocycles. The van der Waals surface area contributed by atoms with Gasteiger partial charge in [-0.15, -0.1) is 11.3 Å². The molecule has 182 valence electrons. The number of halogens is 4. The van der Waals surface area contributed by atoms with Gasteiger partial charge >= 0.3 is 0 Å². The monoisotopic (exact) mass is 561 g/mol. The van der Waals surface area contributed by atoms with Crippen LogP contribution >= 0.6 is 46.3 Å². The number of hydrogen-bond donors (Lipinski definition) is 1. The van der Waals surface area contributed by atoms with Crippen molar-refractivity contribution in [1.29, 1.82) is 5.26 Å². The van der Waals surface area contributed by atoms with Crippen LogP contribution in [-0.4, -0.2) is 16.6 Å². The Balaban J connectivity index is 1.43. The molecule has 0 aliphatic rings. The fourth-order valence-corrected chi connectivity index (χ4v) is 4.74. The Labute approximate surface area is 223 Å². The smallest absolute Gasteiger partial charge is 0.288 e. The van der Waals surface area contributed by atoms with Crippen molar-refractivity contribution in [1.82, 2.24) is 4.98 Å². The van der Waals surface area contributed by atoms with Crippen LogP contribution in [0.1, 0.15) is 17.0 Å². The van der Waals surface area contributed by atoms with E-state index in [0.29, 0.717) is 55.3 Å². The Hall–Kier alpha value is -3.16. The van der Waals surface area contributed by atoms with E-state index in [1.165, 1.54) is 17.4 Å². The normalized spacial score (nSPS) is 11.5. The van der Waals surface area contributed by atoms with Crippen LogP contribution in [-0.2, 0) is 11.2 Å². The highest BCUT2D eigenvalue weighted by molar-refractivity contribution is 7.99. The van der Waals surface area contributed by atoms with Crippen LogP contribution in [0.15, 0.2) is 74.9 Å². The molecule has 4 aromatic rings. The van der Waals surface area contributed by atoms with E-state index < -0.39 is 11.7 Å². The lowest BCUT2D eigenvalue weighted by Crippen LogP contribution is -2.13. The molecule has 0 aliphatic heterocycles. The molecule has 0 fully saturated rings. The third kappa shape index (κ3) is 6.74. The van der Waals surface area contributed by atoms with Crippen LogP contribution in [0.25, 0.3) is 17.4 Å². The minimum atomic E-state index is -2.50. The predicted octanol–water partition coefficient (Wildman–Crippen LogP) is 8.16. The molecule has 0 unspecified atom stereocenters. The maximum Gasteiger partial charge on any atom is 0.288 e. The van der Waals surface area contributed by atoms with E-state index in [1.807, 2.05) is 6.07 Å². The molecule has 0 atom stereocenters. The van der Waals surface area contributed by atoms with Gasteiger partial charge in [0.25, 0.3) is 11.7 Å². The van der Waals surface area contributed by atoms with Gasteiger partial charge in [0, 0.05) is 38.4 Å².